The number of nitrogens with one attached hydrogen (secondary N) is 1. The smallest absolute Gasteiger partial charge is 0.261 e. The summed E-state index contributed by atoms with van der Waals surface area (Å²) in [5, 5.41) is 4.23. The third-order valence-corrected chi connectivity index (χ3v) is 7.60. The van der Waals surface area contributed by atoms with Gasteiger partial charge in [0.05, 0.1) is 15.6 Å². The zero-order valence-electron chi connectivity index (χ0n) is 18.1. The van der Waals surface area contributed by atoms with Crippen molar-refractivity contribution in [1.29, 1.82) is 0 Å². The lowest BCUT2D eigenvalue weighted by Crippen LogP contribution is -2.29. The van der Waals surface area contributed by atoms with Crippen LogP contribution in [0, 0.1) is 6.92 Å². The lowest BCUT2D eigenvalue weighted by atomic mass is 10.2. The molecule has 0 atom stereocenters. The molecule has 0 aliphatic carbocycles. The van der Waals surface area contributed by atoms with E-state index in [1.54, 1.807) is 11.3 Å². The first-order valence-corrected chi connectivity index (χ1v) is 12.6. The minimum absolute atomic E-state index is 0.0227. The highest BCUT2D eigenvalue weighted by molar-refractivity contribution is 7.99. The van der Waals surface area contributed by atoms with Gasteiger partial charge in [0.1, 0.15) is 0 Å². The van der Waals surface area contributed by atoms with Crippen LogP contribution in [0.4, 0.5) is 16.4 Å². The van der Waals surface area contributed by atoms with Crippen molar-refractivity contribution in [3.05, 3.63) is 71.1 Å². The van der Waals surface area contributed by atoms with Crippen molar-refractivity contribution in [1.82, 2.24) is 5.32 Å². The van der Waals surface area contributed by atoms with E-state index in [1.165, 1.54) is 21.8 Å². The van der Waals surface area contributed by atoms with E-state index in [4.69, 9.17) is 0 Å². The molecule has 0 unspecified atom stereocenters. The Bertz CT molecular complexity index is 1030. The van der Waals surface area contributed by atoms with Crippen molar-refractivity contribution in [2.75, 3.05) is 41.7 Å². The highest BCUT2D eigenvalue weighted by Gasteiger charge is 2.20. The summed E-state index contributed by atoms with van der Waals surface area (Å²) >= 11 is 3.47. The Morgan fingerprint density at radius 1 is 1.13 bits per heavy atom. The number of thioether (sulfide) groups is 1. The van der Waals surface area contributed by atoms with Crippen molar-refractivity contribution in [3.8, 4) is 0 Å². The van der Waals surface area contributed by atoms with Crippen LogP contribution >= 0.6 is 23.1 Å². The van der Waals surface area contributed by atoms with Crippen LogP contribution in [0.1, 0.15) is 28.6 Å². The van der Waals surface area contributed by atoms with Crippen LogP contribution in [0.2, 0.25) is 0 Å². The van der Waals surface area contributed by atoms with Crippen LogP contribution in [0.5, 0.6) is 0 Å². The van der Waals surface area contributed by atoms with Gasteiger partial charge in [-0.05, 0) is 62.2 Å². The van der Waals surface area contributed by atoms with Crippen molar-refractivity contribution < 1.29 is 4.79 Å². The third kappa shape index (κ3) is 5.25. The van der Waals surface area contributed by atoms with E-state index < -0.39 is 0 Å². The molecule has 6 heteroatoms. The summed E-state index contributed by atoms with van der Waals surface area (Å²) in [6.07, 6.45) is 0.919. The lowest BCUT2D eigenvalue weighted by molar-refractivity contribution is 0.0957. The molecule has 1 aromatic heterocycles. The van der Waals surface area contributed by atoms with Gasteiger partial charge >= 0.3 is 0 Å². The number of hydrogen-bond acceptors (Lipinski definition) is 5. The number of rotatable bonds is 8. The first-order chi connectivity index (χ1) is 15.2. The number of aryl methyl sites for hydroxylation is 1. The maximum absolute atomic E-state index is 12.7. The molecule has 0 spiro atoms. The molecule has 0 fully saturated rings. The van der Waals surface area contributed by atoms with E-state index in [0.717, 1.165) is 41.7 Å². The van der Waals surface area contributed by atoms with E-state index in [9.17, 15) is 4.79 Å². The van der Waals surface area contributed by atoms with Crippen molar-refractivity contribution in [2.24, 2.45) is 0 Å². The van der Waals surface area contributed by atoms with Gasteiger partial charge in [-0.15, -0.1) is 23.1 Å². The van der Waals surface area contributed by atoms with Gasteiger partial charge in [0.15, 0.2) is 0 Å². The summed E-state index contributed by atoms with van der Waals surface area (Å²) in [5.41, 5.74) is 3.76. The number of para-hydroxylation sites is 1. The molecule has 0 saturated heterocycles. The molecule has 31 heavy (non-hydrogen) atoms. The molecule has 0 saturated carbocycles. The Balaban J connectivity index is 1.31. The summed E-state index contributed by atoms with van der Waals surface area (Å²) in [4.78, 5) is 19.4. The normalized spacial score (nSPS) is 13.0. The lowest BCUT2D eigenvalue weighted by Gasteiger charge is -2.29. The Morgan fingerprint density at radius 3 is 2.84 bits per heavy atom. The van der Waals surface area contributed by atoms with Crippen LogP contribution < -0.4 is 15.1 Å². The second kappa shape index (κ2) is 10.2. The number of thiophene rings is 1. The van der Waals surface area contributed by atoms with Gasteiger partial charge in [-0.2, -0.15) is 0 Å². The first-order valence-electron chi connectivity index (χ1n) is 10.8. The average molecular weight is 452 g/mol. The Hall–Kier alpha value is -2.44. The molecular formula is C25H29N3OS2. The topological polar surface area (TPSA) is 35.6 Å². The van der Waals surface area contributed by atoms with Crippen LogP contribution in [0.25, 0.3) is 0 Å². The second-order valence-electron chi connectivity index (χ2n) is 7.63. The summed E-state index contributed by atoms with van der Waals surface area (Å²) in [6.45, 7) is 7.82. The molecule has 1 aliphatic heterocycles. The molecule has 1 N–H and O–H groups in total. The van der Waals surface area contributed by atoms with Gasteiger partial charge in [0.25, 0.3) is 5.91 Å². The Labute approximate surface area is 193 Å². The highest BCUT2D eigenvalue weighted by atomic mass is 32.2. The summed E-state index contributed by atoms with van der Waals surface area (Å²) in [5.74, 6) is 1.08. The van der Waals surface area contributed by atoms with Crippen LogP contribution in [-0.4, -0.2) is 37.8 Å². The monoisotopic (exact) mass is 451 g/mol. The SMILES string of the molecule is CCN(CCCNC(=O)c1ccc(N2CCSc3ccccc32)s1)c1cccc(C)c1. The van der Waals surface area contributed by atoms with E-state index in [0.29, 0.717) is 6.54 Å². The van der Waals surface area contributed by atoms with Gasteiger partial charge < -0.3 is 15.1 Å². The predicted molar refractivity (Wildman–Crippen MR) is 135 cm³/mol. The van der Waals surface area contributed by atoms with Gasteiger partial charge in [0, 0.05) is 42.5 Å². The van der Waals surface area contributed by atoms with E-state index in [1.807, 2.05) is 17.8 Å². The maximum atomic E-state index is 12.7. The quantitative estimate of drug-likeness (QED) is 0.430. The minimum atomic E-state index is 0.0227. The Kier molecular flexibility index (Phi) is 7.20. The van der Waals surface area contributed by atoms with Crippen molar-refractivity contribution in [3.63, 3.8) is 0 Å². The number of nitrogens with zero attached hydrogens (tertiary/aromatic N) is 2. The molecular weight excluding hydrogens is 422 g/mol. The minimum Gasteiger partial charge on any atom is -0.372 e. The zero-order chi connectivity index (χ0) is 21.6. The second-order valence-corrected chi connectivity index (χ2v) is 9.83. The molecule has 2 aromatic carbocycles. The number of hydrogen-bond donors (Lipinski definition) is 1. The van der Waals surface area contributed by atoms with E-state index in [-0.39, 0.29) is 5.91 Å². The molecule has 0 bridgehead atoms. The molecule has 4 rings (SSSR count). The molecule has 1 amide bonds. The fraction of sp³-hybridized carbons (Fsp3) is 0.320. The van der Waals surface area contributed by atoms with Crippen LogP contribution in [-0.2, 0) is 0 Å². The van der Waals surface area contributed by atoms with Crippen LogP contribution in [0.3, 0.4) is 0 Å². The van der Waals surface area contributed by atoms with Crippen molar-refractivity contribution in [2.45, 2.75) is 25.2 Å². The van der Waals surface area contributed by atoms with Gasteiger partial charge in [0.2, 0.25) is 0 Å². The zero-order valence-corrected chi connectivity index (χ0v) is 19.8. The molecule has 3 aromatic rings. The predicted octanol–water partition coefficient (Wildman–Crippen LogP) is 5.95. The third-order valence-electron chi connectivity index (χ3n) is 5.45. The average Bonchev–Trinajstić information content (AvgIpc) is 3.29. The first kappa shape index (κ1) is 21.8. The molecule has 162 valence electrons. The summed E-state index contributed by atoms with van der Waals surface area (Å²) < 4.78 is 0. The Morgan fingerprint density at radius 2 is 2.00 bits per heavy atom. The van der Waals surface area contributed by atoms with Gasteiger partial charge in [-0.3, -0.25) is 4.79 Å². The number of carbonyl (C=O) groups excluding carboxylic acids is 1. The largest absolute Gasteiger partial charge is 0.372 e. The molecule has 1 aliphatic rings. The number of amides is 1. The highest BCUT2D eigenvalue weighted by Crippen LogP contribution is 2.41. The fourth-order valence-corrected chi connectivity index (χ4v) is 5.80. The van der Waals surface area contributed by atoms with E-state index >= 15 is 0 Å². The van der Waals surface area contributed by atoms with Crippen molar-refractivity contribution >= 4 is 45.4 Å². The number of fused-ring (bicyclic) bond motifs is 1. The maximum Gasteiger partial charge on any atom is 0.261 e. The number of anilines is 3. The fourth-order valence-electron chi connectivity index (χ4n) is 3.85. The van der Waals surface area contributed by atoms with Gasteiger partial charge in [-0.1, -0.05) is 24.3 Å². The molecule has 0 radical (unpaired) electrons. The van der Waals surface area contributed by atoms with E-state index in [2.05, 4.69) is 83.6 Å². The molecule has 2 heterocycles. The number of carbonyl (C=O) groups is 1. The van der Waals surface area contributed by atoms with Crippen LogP contribution in [0.15, 0.2) is 65.6 Å². The summed E-state index contributed by atoms with van der Waals surface area (Å²) in [7, 11) is 0. The standard InChI is InChI=1S/C25H29N3OS2/c1-3-27(20-9-6-8-19(2)18-20)15-7-14-26-25(29)23-12-13-24(31-23)28-16-17-30-22-11-5-4-10-21(22)28/h4-6,8-13,18H,3,7,14-17H2,1-2H3,(H,26,29). The van der Waals surface area contributed by atoms with Gasteiger partial charge in [-0.25, -0.2) is 0 Å². The summed E-state index contributed by atoms with van der Waals surface area (Å²) in [6, 6.07) is 21.1. The number of benzene rings is 2. The molecule has 4 nitrogen and oxygen atoms in total.